The first-order valence-corrected chi connectivity index (χ1v) is 20.5. The molecule has 0 fully saturated rings. The molecular formula is C57H39NO. The van der Waals surface area contributed by atoms with Gasteiger partial charge in [-0.15, -0.1) is 0 Å². The van der Waals surface area contributed by atoms with Crippen LogP contribution in [-0.2, 0) is 10.8 Å². The van der Waals surface area contributed by atoms with Gasteiger partial charge in [0.25, 0.3) is 0 Å². The summed E-state index contributed by atoms with van der Waals surface area (Å²) in [6, 6.07) is 79.9. The van der Waals surface area contributed by atoms with Crippen LogP contribution in [0.15, 0.2) is 223 Å². The molecule has 2 aliphatic rings. The van der Waals surface area contributed by atoms with Gasteiger partial charge in [0.05, 0.1) is 5.41 Å². The van der Waals surface area contributed by atoms with Crippen molar-refractivity contribution in [2.45, 2.75) is 17.8 Å². The second-order valence-corrected chi connectivity index (χ2v) is 16.1. The fraction of sp³-hybridized carbons (Fsp3) is 0.0526. The molecule has 278 valence electrons. The van der Waals surface area contributed by atoms with Gasteiger partial charge >= 0.3 is 0 Å². The second-order valence-electron chi connectivity index (χ2n) is 16.1. The van der Waals surface area contributed by atoms with Crippen LogP contribution in [0.4, 0.5) is 17.1 Å². The van der Waals surface area contributed by atoms with Crippen LogP contribution >= 0.6 is 0 Å². The Balaban J connectivity index is 1.03. The maximum Gasteiger partial charge on any atom is 0.137 e. The highest BCUT2D eigenvalue weighted by Crippen LogP contribution is 2.58. The summed E-state index contributed by atoms with van der Waals surface area (Å²) < 4.78 is 6.87. The van der Waals surface area contributed by atoms with Gasteiger partial charge in [-0.1, -0.05) is 170 Å². The van der Waals surface area contributed by atoms with Gasteiger partial charge in [0.2, 0.25) is 0 Å². The maximum atomic E-state index is 6.87. The van der Waals surface area contributed by atoms with Crippen molar-refractivity contribution < 1.29 is 4.42 Å². The third-order valence-corrected chi connectivity index (χ3v) is 13.2. The Kier molecular flexibility index (Phi) is 7.31. The minimum atomic E-state index is -0.496. The Bertz CT molecular complexity index is 3150. The molecule has 0 bridgehead atoms. The van der Waals surface area contributed by atoms with E-state index in [0.29, 0.717) is 0 Å². The molecule has 0 N–H and O–H groups in total. The van der Waals surface area contributed by atoms with Crippen LogP contribution < -0.4 is 4.90 Å². The summed E-state index contributed by atoms with van der Waals surface area (Å²) in [6.45, 7) is 2.36. The standard InChI is InChI=1S/C57H39NO/c1-56(50-26-14-11-23-44(50)45-24-12-15-27-51(45)56)40-29-32-48-49-34-31-43(37-55(49)59-54(48)35-40)58(41-21-9-4-10-22-41)42-30-33-47-46-25-13-16-28-52(46)57(53(47)36-42,38-17-5-2-6-18-38)39-19-7-3-8-20-39/h2-37H,1H3. The molecule has 10 aromatic rings. The molecule has 0 aliphatic heterocycles. The molecular weight excluding hydrogens is 715 g/mol. The number of anilines is 3. The van der Waals surface area contributed by atoms with Gasteiger partial charge in [0.1, 0.15) is 11.2 Å². The van der Waals surface area contributed by atoms with Crippen LogP contribution in [0.1, 0.15) is 45.9 Å². The van der Waals surface area contributed by atoms with E-state index in [9.17, 15) is 0 Å². The van der Waals surface area contributed by atoms with Gasteiger partial charge in [-0.3, -0.25) is 0 Å². The van der Waals surface area contributed by atoms with Crippen molar-refractivity contribution in [2.75, 3.05) is 4.90 Å². The summed E-state index contributed by atoms with van der Waals surface area (Å²) in [5.74, 6) is 0. The first kappa shape index (κ1) is 33.7. The van der Waals surface area contributed by atoms with E-state index < -0.39 is 5.41 Å². The summed E-state index contributed by atoms with van der Waals surface area (Å²) in [7, 11) is 0. The predicted octanol–water partition coefficient (Wildman–Crippen LogP) is 14.8. The summed E-state index contributed by atoms with van der Waals surface area (Å²) >= 11 is 0. The van der Waals surface area contributed by atoms with Gasteiger partial charge in [0.15, 0.2) is 0 Å². The number of fused-ring (bicyclic) bond motifs is 9. The minimum Gasteiger partial charge on any atom is -0.456 e. The number of hydrogen-bond donors (Lipinski definition) is 0. The van der Waals surface area contributed by atoms with Crippen LogP contribution in [-0.4, -0.2) is 0 Å². The van der Waals surface area contributed by atoms with E-state index in [-0.39, 0.29) is 5.41 Å². The fourth-order valence-corrected chi connectivity index (χ4v) is 10.6. The lowest BCUT2D eigenvalue weighted by molar-refractivity contribution is 0.662. The molecule has 0 saturated heterocycles. The van der Waals surface area contributed by atoms with E-state index in [1.807, 2.05) is 0 Å². The van der Waals surface area contributed by atoms with Gasteiger partial charge in [-0.2, -0.15) is 0 Å². The third-order valence-electron chi connectivity index (χ3n) is 13.2. The Morgan fingerprint density at radius 1 is 0.339 bits per heavy atom. The van der Waals surface area contributed by atoms with Gasteiger partial charge in [-0.25, -0.2) is 0 Å². The largest absolute Gasteiger partial charge is 0.456 e. The minimum absolute atomic E-state index is 0.294. The summed E-state index contributed by atoms with van der Waals surface area (Å²) in [6.07, 6.45) is 0. The quantitative estimate of drug-likeness (QED) is 0.168. The van der Waals surface area contributed by atoms with Crippen LogP contribution in [0.3, 0.4) is 0 Å². The lowest BCUT2D eigenvalue weighted by Crippen LogP contribution is -2.28. The number of para-hydroxylation sites is 1. The Morgan fingerprint density at radius 2 is 0.797 bits per heavy atom. The highest BCUT2D eigenvalue weighted by atomic mass is 16.3. The molecule has 2 heteroatoms. The maximum absolute atomic E-state index is 6.87. The highest BCUT2D eigenvalue weighted by Gasteiger charge is 2.46. The van der Waals surface area contributed by atoms with Crippen molar-refractivity contribution in [3.8, 4) is 22.3 Å². The average Bonchev–Trinajstić information content (AvgIpc) is 3.91. The number of furan rings is 1. The molecule has 0 radical (unpaired) electrons. The lowest BCUT2D eigenvalue weighted by Gasteiger charge is -2.35. The molecule has 59 heavy (non-hydrogen) atoms. The molecule has 0 atom stereocenters. The van der Waals surface area contributed by atoms with E-state index in [2.05, 4.69) is 230 Å². The third kappa shape index (κ3) is 4.75. The SMILES string of the molecule is CC1(c2ccc3c(c2)oc2cc(N(c4ccccc4)c4ccc5c(c4)C(c4ccccc4)(c4ccccc4)c4ccccc4-5)ccc23)c2ccccc2-c2ccccc21. The number of nitrogens with zero attached hydrogens (tertiary/aromatic N) is 1. The number of rotatable bonds is 6. The summed E-state index contributed by atoms with van der Waals surface area (Å²) in [5, 5.41) is 2.23. The first-order chi connectivity index (χ1) is 29.1. The summed E-state index contributed by atoms with van der Waals surface area (Å²) in [5.41, 5.74) is 18.3. The molecule has 2 nitrogen and oxygen atoms in total. The topological polar surface area (TPSA) is 16.4 Å². The van der Waals surface area contributed by atoms with Gasteiger partial charge in [-0.05, 0) is 111 Å². The van der Waals surface area contributed by atoms with E-state index in [0.717, 1.165) is 39.0 Å². The van der Waals surface area contributed by atoms with Crippen molar-refractivity contribution in [1.29, 1.82) is 0 Å². The molecule has 9 aromatic carbocycles. The Hall–Kier alpha value is -7.42. The zero-order valence-electron chi connectivity index (χ0n) is 32.6. The molecule has 0 unspecified atom stereocenters. The van der Waals surface area contributed by atoms with Crippen molar-refractivity contribution in [3.05, 3.63) is 257 Å². The monoisotopic (exact) mass is 753 g/mol. The molecule has 0 amide bonds. The van der Waals surface area contributed by atoms with Gasteiger partial charge in [0, 0.05) is 39.3 Å². The second kappa shape index (κ2) is 12.8. The molecule has 12 rings (SSSR count). The van der Waals surface area contributed by atoms with Crippen molar-refractivity contribution in [2.24, 2.45) is 0 Å². The van der Waals surface area contributed by atoms with E-state index in [1.54, 1.807) is 0 Å². The zero-order valence-corrected chi connectivity index (χ0v) is 32.6. The predicted molar refractivity (Wildman–Crippen MR) is 243 cm³/mol. The fourth-order valence-electron chi connectivity index (χ4n) is 10.6. The normalized spacial score (nSPS) is 14.1. The van der Waals surface area contributed by atoms with Crippen molar-refractivity contribution >= 4 is 39.0 Å². The highest BCUT2D eigenvalue weighted by molar-refractivity contribution is 6.06. The molecule has 0 saturated carbocycles. The number of hydrogen-bond acceptors (Lipinski definition) is 2. The van der Waals surface area contributed by atoms with Crippen molar-refractivity contribution in [3.63, 3.8) is 0 Å². The van der Waals surface area contributed by atoms with E-state index >= 15 is 0 Å². The number of benzene rings is 9. The Morgan fingerprint density at radius 3 is 1.42 bits per heavy atom. The molecule has 0 spiro atoms. The van der Waals surface area contributed by atoms with E-state index in [4.69, 9.17) is 4.42 Å². The van der Waals surface area contributed by atoms with Gasteiger partial charge < -0.3 is 9.32 Å². The first-order valence-electron chi connectivity index (χ1n) is 20.5. The molecule has 1 heterocycles. The van der Waals surface area contributed by atoms with Crippen LogP contribution in [0.25, 0.3) is 44.2 Å². The van der Waals surface area contributed by atoms with Crippen LogP contribution in [0.2, 0.25) is 0 Å². The van der Waals surface area contributed by atoms with E-state index in [1.165, 1.54) is 61.2 Å². The Labute approximate surface area is 344 Å². The average molecular weight is 754 g/mol. The van der Waals surface area contributed by atoms with Crippen LogP contribution in [0, 0.1) is 0 Å². The molecule has 2 aliphatic carbocycles. The zero-order chi connectivity index (χ0) is 39.1. The smallest absolute Gasteiger partial charge is 0.137 e. The lowest BCUT2D eigenvalue weighted by atomic mass is 9.67. The summed E-state index contributed by atoms with van der Waals surface area (Å²) in [4.78, 5) is 2.37. The van der Waals surface area contributed by atoms with Crippen LogP contribution in [0.5, 0.6) is 0 Å². The van der Waals surface area contributed by atoms with Crippen molar-refractivity contribution in [1.82, 2.24) is 0 Å². The molecule has 1 aromatic heterocycles.